The maximum absolute atomic E-state index is 13.2. The summed E-state index contributed by atoms with van der Waals surface area (Å²) < 4.78 is 1.92. The number of rotatable bonds is 12. The highest BCUT2D eigenvalue weighted by atomic mass is 79.9. The molecule has 36 heavy (non-hydrogen) atoms. The van der Waals surface area contributed by atoms with Crippen LogP contribution in [0.3, 0.4) is 0 Å². The number of phenols is 1. The zero-order valence-corrected chi connectivity index (χ0v) is 21.4. The molecule has 0 bridgehead atoms. The van der Waals surface area contributed by atoms with E-state index in [0.717, 1.165) is 18.3 Å². The van der Waals surface area contributed by atoms with Crippen molar-refractivity contribution in [2.45, 2.75) is 45.2 Å². The average Bonchev–Trinajstić information content (AvgIpc) is 3.35. The lowest BCUT2D eigenvalue weighted by atomic mass is 10.1. The molecule has 9 nitrogen and oxygen atoms in total. The molecule has 0 spiro atoms. The molecular formula is C26H28BrN5O4. The van der Waals surface area contributed by atoms with Crippen molar-refractivity contribution in [2.75, 3.05) is 0 Å². The second-order valence-electron chi connectivity index (χ2n) is 7.96. The fraction of sp³-hybridized carbons (Fsp3) is 0.269. The minimum atomic E-state index is -0.445. The predicted octanol–water partition coefficient (Wildman–Crippen LogP) is 4.12. The number of halogens is 1. The van der Waals surface area contributed by atoms with Gasteiger partial charge in [0.25, 0.3) is 11.8 Å². The molecule has 0 saturated carbocycles. The quantitative estimate of drug-likeness (QED) is 0.229. The Balaban J connectivity index is 1.76. The molecule has 10 heteroatoms. The molecule has 0 aliphatic heterocycles. The molecule has 2 amide bonds. The van der Waals surface area contributed by atoms with Crippen molar-refractivity contribution in [2.24, 2.45) is 0 Å². The van der Waals surface area contributed by atoms with Crippen molar-refractivity contribution in [3.05, 3.63) is 82.3 Å². The number of allylic oxidation sites excluding steroid dienone is 3. The Labute approximate surface area is 217 Å². The van der Waals surface area contributed by atoms with Crippen molar-refractivity contribution >= 4 is 39.7 Å². The first kappa shape index (κ1) is 26.8. The molecule has 1 unspecified atom stereocenters. The van der Waals surface area contributed by atoms with Crippen LogP contribution in [0.15, 0.2) is 65.3 Å². The summed E-state index contributed by atoms with van der Waals surface area (Å²) in [7, 11) is 0. The molecule has 0 radical (unpaired) electrons. The first-order valence-corrected chi connectivity index (χ1v) is 12.4. The van der Waals surface area contributed by atoms with Crippen LogP contribution >= 0.6 is 15.9 Å². The minimum Gasteiger partial charge on any atom is -0.507 e. The van der Waals surface area contributed by atoms with E-state index in [1.165, 1.54) is 22.8 Å². The van der Waals surface area contributed by atoms with E-state index in [4.69, 9.17) is 0 Å². The number of amides is 2. The van der Waals surface area contributed by atoms with E-state index < -0.39 is 5.91 Å². The van der Waals surface area contributed by atoms with Crippen LogP contribution in [0.2, 0.25) is 0 Å². The maximum Gasteiger partial charge on any atom is 0.270 e. The van der Waals surface area contributed by atoms with Crippen LogP contribution in [0.5, 0.6) is 5.75 Å². The first-order chi connectivity index (χ1) is 17.4. The van der Waals surface area contributed by atoms with E-state index in [9.17, 15) is 19.5 Å². The Hall–Kier alpha value is -3.79. The number of phenolic OH excluding ortho intramolecular Hbond substituents is 1. The van der Waals surface area contributed by atoms with Gasteiger partial charge in [0, 0.05) is 31.1 Å². The van der Waals surface area contributed by atoms with Gasteiger partial charge in [0.1, 0.15) is 23.4 Å². The largest absolute Gasteiger partial charge is 0.507 e. The highest BCUT2D eigenvalue weighted by molar-refractivity contribution is 9.10. The van der Waals surface area contributed by atoms with Crippen molar-refractivity contribution < 1.29 is 19.5 Å². The fourth-order valence-electron chi connectivity index (χ4n) is 3.43. The number of benzene rings is 1. The number of fused-ring (bicyclic) bond motifs is 1. The van der Waals surface area contributed by atoms with Gasteiger partial charge in [0.05, 0.1) is 10.7 Å². The topological polar surface area (TPSA) is 126 Å². The standard InChI is InChI=1S/C26H28BrN5O4/c1-2-3-8-19(9-6-4-5-7-14-33)30-26(36)22-16-21(31-24-12-13-29-32(22)24)25(35)28-17-18-10-11-23(34)20(27)15-18/h3-5,8,10-16,19,34H,2,6-7,9,17H2,1H3,(H,28,35)(H,30,36)/b5-4+,8-3+. The van der Waals surface area contributed by atoms with Crippen molar-refractivity contribution in [3.63, 3.8) is 0 Å². The van der Waals surface area contributed by atoms with Crippen LogP contribution in [0, 0.1) is 0 Å². The number of carbonyl (C=O) groups excluding carboxylic acids is 3. The van der Waals surface area contributed by atoms with Crippen molar-refractivity contribution in [1.82, 2.24) is 25.2 Å². The molecule has 188 valence electrons. The summed E-state index contributed by atoms with van der Waals surface area (Å²) in [6.45, 7) is 2.23. The third kappa shape index (κ3) is 7.35. The monoisotopic (exact) mass is 553 g/mol. The van der Waals surface area contributed by atoms with E-state index in [0.29, 0.717) is 29.4 Å². The summed E-state index contributed by atoms with van der Waals surface area (Å²) in [5, 5.41) is 19.6. The van der Waals surface area contributed by atoms with Crippen molar-refractivity contribution in [3.8, 4) is 5.75 Å². The Kier molecular flexibility index (Phi) is 9.93. The molecule has 3 N–H and O–H groups in total. The number of nitrogens with one attached hydrogen (secondary N) is 2. The molecule has 0 aliphatic carbocycles. The number of carbonyl (C=O) groups is 3. The Morgan fingerprint density at radius 1 is 1.17 bits per heavy atom. The van der Waals surface area contributed by atoms with Gasteiger partial charge in [-0.15, -0.1) is 0 Å². The van der Waals surface area contributed by atoms with E-state index in [1.807, 2.05) is 25.2 Å². The van der Waals surface area contributed by atoms with Gasteiger partial charge >= 0.3 is 0 Å². The molecule has 0 saturated heterocycles. The number of nitrogens with zero attached hydrogens (tertiary/aromatic N) is 3. The van der Waals surface area contributed by atoms with Crippen molar-refractivity contribution in [1.29, 1.82) is 0 Å². The van der Waals surface area contributed by atoms with Crippen LogP contribution in [-0.2, 0) is 11.3 Å². The normalized spacial score (nSPS) is 12.3. The van der Waals surface area contributed by atoms with E-state index in [1.54, 1.807) is 24.3 Å². The number of hydrogen-bond acceptors (Lipinski definition) is 6. The highest BCUT2D eigenvalue weighted by Crippen LogP contribution is 2.24. The summed E-state index contributed by atoms with van der Waals surface area (Å²) in [4.78, 5) is 40.9. The van der Waals surface area contributed by atoms with E-state index in [2.05, 4.69) is 36.6 Å². The lowest BCUT2D eigenvalue weighted by molar-refractivity contribution is -0.107. The summed E-state index contributed by atoms with van der Waals surface area (Å²) in [6, 6.07) is 7.75. The Morgan fingerprint density at radius 2 is 2.00 bits per heavy atom. The molecule has 3 rings (SSSR count). The summed E-state index contributed by atoms with van der Waals surface area (Å²) in [6.07, 6.45) is 12.5. The molecule has 0 fully saturated rings. The molecule has 1 aromatic carbocycles. The summed E-state index contributed by atoms with van der Waals surface area (Å²) in [5.74, 6) is -0.720. The fourth-order valence-corrected chi connectivity index (χ4v) is 3.86. The van der Waals surface area contributed by atoms with Crippen LogP contribution < -0.4 is 10.6 Å². The molecule has 3 aromatic rings. The second kappa shape index (κ2) is 13.3. The van der Waals surface area contributed by atoms with Gasteiger partial charge < -0.3 is 20.5 Å². The number of aromatic hydroxyl groups is 1. The van der Waals surface area contributed by atoms with Crippen LogP contribution in [0.4, 0.5) is 0 Å². The number of aldehydes is 1. The number of hydrogen-bond donors (Lipinski definition) is 3. The van der Waals surface area contributed by atoms with Crippen LogP contribution in [-0.4, -0.2) is 43.8 Å². The predicted molar refractivity (Wildman–Crippen MR) is 140 cm³/mol. The summed E-state index contributed by atoms with van der Waals surface area (Å²) >= 11 is 3.26. The zero-order chi connectivity index (χ0) is 25.9. The van der Waals surface area contributed by atoms with Gasteiger partial charge in [-0.2, -0.15) is 5.10 Å². The van der Waals surface area contributed by atoms with Gasteiger partial charge in [-0.3, -0.25) is 9.59 Å². The third-order valence-electron chi connectivity index (χ3n) is 5.25. The van der Waals surface area contributed by atoms with Crippen LogP contribution in [0.1, 0.15) is 59.1 Å². The lowest BCUT2D eigenvalue weighted by Gasteiger charge is -2.15. The molecule has 2 aromatic heterocycles. The minimum absolute atomic E-state index is 0.0865. The number of aromatic nitrogens is 3. The third-order valence-corrected chi connectivity index (χ3v) is 5.89. The molecule has 1 atom stereocenters. The van der Waals surface area contributed by atoms with Gasteiger partial charge in [-0.25, -0.2) is 9.50 Å². The maximum atomic E-state index is 13.2. The highest BCUT2D eigenvalue weighted by Gasteiger charge is 2.19. The average molecular weight is 554 g/mol. The van der Waals surface area contributed by atoms with E-state index >= 15 is 0 Å². The summed E-state index contributed by atoms with van der Waals surface area (Å²) in [5.41, 5.74) is 1.43. The van der Waals surface area contributed by atoms with Crippen LogP contribution in [0.25, 0.3) is 5.65 Å². The second-order valence-corrected chi connectivity index (χ2v) is 8.82. The first-order valence-electron chi connectivity index (χ1n) is 11.6. The van der Waals surface area contributed by atoms with Gasteiger partial charge in [0.2, 0.25) is 0 Å². The van der Waals surface area contributed by atoms with Gasteiger partial charge in [0.15, 0.2) is 5.65 Å². The molecular weight excluding hydrogens is 526 g/mol. The van der Waals surface area contributed by atoms with E-state index in [-0.39, 0.29) is 35.6 Å². The Morgan fingerprint density at radius 3 is 2.75 bits per heavy atom. The van der Waals surface area contributed by atoms with Gasteiger partial charge in [-0.05, 0) is 52.9 Å². The zero-order valence-electron chi connectivity index (χ0n) is 19.9. The smallest absolute Gasteiger partial charge is 0.270 e. The van der Waals surface area contributed by atoms with Gasteiger partial charge in [-0.1, -0.05) is 37.3 Å². The Bertz CT molecular complexity index is 1280. The molecule has 2 heterocycles. The lowest BCUT2D eigenvalue weighted by Crippen LogP contribution is -2.35. The molecule has 0 aliphatic rings. The SMILES string of the molecule is CC/C=C/C(CC/C=C/CC=O)NC(=O)c1cc(C(=O)NCc2ccc(O)c(Br)c2)nc2ccnn12.